The molecule has 1 aliphatic carbocycles. The van der Waals surface area contributed by atoms with Gasteiger partial charge in [-0.3, -0.25) is 0 Å². The number of thioether (sulfide) groups is 4. The predicted molar refractivity (Wildman–Crippen MR) is 201 cm³/mol. The Morgan fingerprint density at radius 2 is 0.909 bits per heavy atom. The number of benzene rings is 4. The lowest BCUT2D eigenvalue weighted by atomic mass is 9.87. The van der Waals surface area contributed by atoms with E-state index < -0.39 is 0 Å². The third-order valence-corrected chi connectivity index (χ3v) is 15.2. The fourth-order valence-electron chi connectivity index (χ4n) is 5.82. The minimum absolute atomic E-state index is 0.160. The number of hydrogen-bond donors (Lipinski definition) is 0. The predicted octanol–water partition coefficient (Wildman–Crippen LogP) is 10.6. The van der Waals surface area contributed by atoms with Crippen molar-refractivity contribution in [3.63, 3.8) is 0 Å². The van der Waals surface area contributed by atoms with Crippen LogP contribution in [-0.4, -0.2) is 24.0 Å². The largest absolute Gasteiger partial charge is 0.140 e. The molecular formula is C40H40S4. The van der Waals surface area contributed by atoms with Crippen LogP contribution in [0.15, 0.2) is 109 Å². The van der Waals surface area contributed by atoms with E-state index in [1.54, 1.807) is 0 Å². The minimum Gasteiger partial charge on any atom is -0.140 e. The first-order valence-electron chi connectivity index (χ1n) is 15.4. The van der Waals surface area contributed by atoms with Gasteiger partial charge in [0.05, 0.1) is 0 Å². The van der Waals surface area contributed by atoms with Crippen LogP contribution in [0.2, 0.25) is 0 Å². The Hall–Kier alpha value is -2.60. The first kappa shape index (κ1) is 32.8. The van der Waals surface area contributed by atoms with E-state index in [9.17, 15) is 0 Å². The number of aryl methyl sites for hydroxylation is 2. The molecule has 5 rings (SSSR count). The molecule has 0 heterocycles. The Morgan fingerprint density at radius 1 is 0.523 bits per heavy atom. The number of rotatable bonds is 10. The zero-order valence-electron chi connectivity index (χ0n) is 25.7. The molecule has 224 valence electrons. The molecule has 0 aliphatic heterocycles. The summed E-state index contributed by atoms with van der Waals surface area (Å²) in [4.78, 5) is 0. The van der Waals surface area contributed by atoms with E-state index >= 15 is 0 Å². The zero-order valence-corrected chi connectivity index (χ0v) is 28.9. The van der Waals surface area contributed by atoms with Crippen LogP contribution in [-0.2, 0) is 21.0 Å². The Morgan fingerprint density at radius 3 is 1.32 bits per heavy atom. The smallest absolute Gasteiger partial charge is 0.114 e. The van der Waals surface area contributed by atoms with Gasteiger partial charge in [-0.05, 0) is 96.2 Å². The minimum atomic E-state index is -0.160. The van der Waals surface area contributed by atoms with E-state index in [2.05, 4.69) is 157 Å². The molecule has 4 heteroatoms. The molecule has 0 aromatic heterocycles. The number of hydrogen-bond acceptors (Lipinski definition) is 4. The molecule has 0 saturated carbocycles. The fraction of sp³-hybridized carbons (Fsp3) is 0.300. The second-order valence-corrected chi connectivity index (χ2v) is 15.9. The molecule has 0 fully saturated rings. The van der Waals surface area contributed by atoms with Gasteiger partial charge in [-0.2, -0.15) is 0 Å². The normalized spacial score (nSPS) is 18.8. The molecule has 4 aromatic carbocycles. The average Bonchev–Trinajstić information content (AvgIpc) is 3.08. The standard InChI is InChI=1S/C40H40S4/c1-41-39(43-31-17-5-11-23-33-19-7-3-8-20-33)37-27-15-13-25-35(37)29-30-36-26-14-16-28-38(36)40(39,42-2)44-32-18-6-12-24-34-21-9-4-10-22-34/h3-4,7-10,13-16,19-22,25-28H,5-6,17-18,29-32H2,1-2H3/t39-,40+. The van der Waals surface area contributed by atoms with Crippen molar-refractivity contribution in [3.05, 3.63) is 143 Å². The van der Waals surface area contributed by atoms with Crippen molar-refractivity contribution in [1.82, 2.24) is 0 Å². The molecule has 0 radical (unpaired) electrons. The fourth-order valence-corrected chi connectivity index (χ4v) is 13.0. The summed E-state index contributed by atoms with van der Waals surface area (Å²) in [6.45, 7) is 0. The van der Waals surface area contributed by atoms with Crippen molar-refractivity contribution >= 4 is 47.0 Å². The summed E-state index contributed by atoms with van der Waals surface area (Å²) >= 11 is 8.36. The van der Waals surface area contributed by atoms with E-state index in [4.69, 9.17) is 0 Å². The molecule has 0 N–H and O–H groups in total. The average molecular weight is 649 g/mol. The van der Waals surface area contributed by atoms with Crippen molar-refractivity contribution in [2.24, 2.45) is 0 Å². The number of unbranched alkanes of at least 4 members (excludes halogenated alkanes) is 2. The Kier molecular flexibility index (Phi) is 12.4. The van der Waals surface area contributed by atoms with Crippen LogP contribution in [0, 0.1) is 23.7 Å². The van der Waals surface area contributed by atoms with Crippen LogP contribution in [0.4, 0.5) is 0 Å². The summed E-state index contributed by atoms with van der Waals surface area (Å²) in [5.74, 6) is 15.7. The van der Waals surface area contributed by atoms with Crippen molar-refractivity contribution in [3.8, 4) is 23.7 Å². The van der Waals surface area contributed by atoms with Crippen LogP contribution >= 0.6 is 47.0 Å². The Bertz CT molecular complexity index is 1490. The van der Waals surface area contributed by atoms with Crippen LogP contribution < -0.4 is 0 Å². The molecular weight excluding hydrogens is 609 g/mol. The third kappa shape index (κ3) is 7.61. The molecule has 0 bridgehead atoms. The molecule has 2 atom stereocenters. The SMILES string of the molecule is CS[C@]1(SCCCC#Cc2ccccc2)c2ccccc2CCc2ccccc2[C@@]1(SC)SCCCC#Cc1ccccc1. The van der Waals surface area contributed by atoms with Gasteiger partial charge in [0.2, 0.25) is 0 Å². The topological polar surface area (TPSA) is 0 Å². The maximum Gasteiger partial charge on any atom is 0.114 e. The summed E-state index contributed by atoms with van der Waals surface area (Å²) < 4.78 is -0.320. The van der Waals surface area contributed by atoms with E-state index in [0.717, 1.165) is 61.2 Å². The highest BCUT2D eigenvalue weighted by Gasteiger charge is 2.56. The van der Waals surface area contributed by atoms with Gasteiger partial charge in [-0.25, -0.2) is 0 Å². The third-order valence-electron chi connectivity index (χ3n) is 7.93. The monoisotopic (exact) mass is 648 g/mol. The second kappa shape index (κ2) is 16.6. The van der Waals surface area contributed by atoms with Crippen LogP contribution in [0.1, 0.15) is 59.1 Å². The van der Waals surface area contributed by atoms with Gasteiger partial charge < -0.3 is 0 Å². The summed E-state index contributed by atoms with van der Waals surface area (Å²) in [5.41, 5.74) is 8.15. The van der Waals surface area contributed by atoms with E-state index in [0.29, 0.717) is 0 Å². The first-order chi connectivity index (χ1) is 21.7. The Labute approximate surface area is 282 Å². The van der Waals surface area contributed by atoms with Gasteiger partial charge in [0.1, 0.15) is 8.16 Å². The maximum atomic E-state index is 3.43. The summed E-state index contributed by atoms with van der Waals surface area (Å²) in [7, 11) is 0. The molecule has 4 aromatic rings. The Balaban J connectivity index is 1.44. The quantitative estimate of drug-likeness (QED) is 0.0953. The molecule has 1 aliphatic rings. The lowest BCUT2D eigenvalue weighted by molar-refractivity contribution is 0.730. The van der Waals surface area contributed by atoms with Crippen molar-refractivity contribution in [1.29, 1.82) is 0 Å². The van der Waals surface area contributed by atoms with Crippen LogP contribution in [0.3, 0.4) is 0 Å². The highest BCUT2D eigenvalue weighted by atomic mass is 32.2. The lowest BCUT2D eigenvalue weighted by Gasteiger charge is -2.51. The highest BCUT2D eigenvalue weighted by molar-refractivity contribution is 8.23. The van der Waals surface area contributed by atoms with Crippen molar-refractivity contribution < 1.29 is 0 Å². The maximum absolute atomic E-state index is 3.43. The number of fused-ring (bicyclic) bond motifs is 2. The van der Waals surface area contributed by atoms with Gasteiger partial charge >= 0.3 is 0 Å². The summed E-state index contributed by atoms with van der Waals surface area (Å²) in [6, 6.07) is 39.2. The second-order valence-electron chi connectivity index (χ2n) is 10.7. The van der Waals surface area contributed by atoms with Crippen molar-refractivity contribution in [2.75, 3.05) is 24.0 Å². The zero-order chi connectivity index (χ0) is 30.5. The van der Waals surface area contributed by atoms with Crippen LogP contribution in [0.25, 0.3) is 0 Å². The molecule has 44 heavy (non-hydrogen) atoms. The highest BCUT2D eigenvalue weighted by Crippen LogP contribution is 2.69. The van der Waals surface area contributed by atoms with Gasteiger partial charge in [0.25, 0.3) is 0 Å². The van der Waals surface area contributed by atoms with Gasteiger partial charge in [0, 0.05) is 24.0 Å². The molecule has 0 unspecified atom stereocenters. The first-order valence-corrected chi connectivity index (χ1v) is 19.8. The van der Waals surface area contributed by atoms with E-state index in [1.165, 1.54) is 22.3 Å². The van der Waals surface area contributed by atoms with Gasteiger partial charge in [0.15, 0.2) is 0 Å². The summed E-state index contributed by atoms with van der Waals surface area (Å²) in [6.07, 6.45) is 10.8. The lowest BCUT2D eigenvalue weighted by Crippen LogP contribution is -2.42. The van der Waals surface area contributed by atoms with Gasteiger partial charge in [-0.15, -0.1) is 47.0 Å². The van der Waals surface area contributed by atoms with E-state index in [-0.39, 0.29) is 8.16 Å². The van der Waals surface area contributed by atoms with E-state index in [1.807, 2.05) is 35.7 Å². The summed E-state index contributed by atoms with van der Waals surface area (Å²) in [5, 5.41) is 0. The molecule has 0 saturated heterocycles. The van der Waals surface area contributed by atoms with Crippen molar-refractivity contribution in [2.45, 2.75) is 46.7 Å². The molecule has 0 amide bonds. The van der Waals surface area contributed by atoms with Gasteiger partial charge in [-0.1, -0.05) is 109 Å². The molecule has 0 nitrogen and oxygen atoms in total. The van der Waals surface area contributed by atoms with Crippen LogP contribution in [0.5, 0.6) is 0 Å². The molecule has 0 spiro atoms.